The number of halogens is 1. The third-order valence-corrected chi connectivity index (χ3v) is 3.99. The monoisotopic (exact) mass is 299 g/mol. The van der Waals surface area contributed by atoms with E-state index >= 15 is 0 Å². The van der Waals surface area contributed by atoms with Gasteiger partial charge in [0.2, 0.25) is 0 Å². The minimum atomic E-state index is -0.546. The van der Waals surface area contributed by atoms with Crippen LogP contribution in [-0.2, 0) is 0 Å². The van der Waals surface area contributed by atoms with Crippen molar-refractivity contribution in [3.8, 4) is 5.75 Å². The summed E-state index contributed by atoms with van der Waals surface area (Å²) in [5, 5.41) is 22.7. The molecule has 1 fully saturated rings. The Balaban J connectivity index is 1.61. The molecule has 2 rings (SSSR count). The van der Waals surface area contributed by atoms with E-state index in [-0.39, 0.29) is 18.6 Å². The number of benzene rings is 1. The van der Waals surface area contributed by atoms with Crippen LogP contribution in [0.3, 0.4) is 0 Å². The largest absolute Gasteiger partial charge is 0.491 e. The van der Waals surface area contributed by atoms with Crippen molar-refractivity contribution in [1.82, 2.24) is 5.32 Å². The number of hydrogen-bond acceptors (Lipinski definition) is 4. The highest BCUT2D eigenvalue weighted by molar-refractivity contribution is 6.30. The molecule has 1 saturated carbocycles. The fourth-order valence-corrected chi connectivity index (χ4v) is 2.34. The summed E-state index contributed by atoms with van der Waals surface area (Å²) in [4.78, 5) is 0. The minimum absolute atomic E-state index is 0.240. The van der Waals surface area contributed by atoms with Gasteiger partial charge in [-0.25, -0.2) is 0 Å². The number of ether oxygens (including phenoxy) is 1. The molecule has 0 aromatic heterocycles. The van der Waals surface area contributed by atoms with E-state index in [1.165, 1.54) is 0 Å². The molecule has 3 N–H and O–H groups in total. The lowest BCUT2D eigenvalue weighted by Gasteiger charge is -2.17. The second-order valence-corrected chi connectivity index (χ2v) is 5.96. The molecule has 0 bridgehead atoms. The molecule has 0 amide bonds. The Kier molecular flexibility index (Phi) is 5.66. The summed E-state index contributed by atoms with van der Waals surface area (Å²) in [6.45, 7) is 1.85. The first kappa shape index (κ1) is 15.6. The second kappa shape index (κ2) is 7.27. The molecule has 20 heavy (non-hydrogen) atoms. The van der Waals surface area contributed by atoms with Crippen LogP contribution in [0.2, 0.25) is 5.02 Å². The van der Waals surface area contributed by atoms with Gasteiger partial charge in [-0.2, -0.15) is 0 Å². The van der Waals surface area contributed by atoms with Crippen LogP contribution < -0.4 is 10.1 Å². The smallest absolute Gasteiger partial charge is 0.119 e. The topological polar surface area (TPSA) is 61.7 Å². The Hall–Kier alpha value is -0.810. The molecule has 1 aliphatic rings. The van der Waals surface area contributed by atoms with Crippen LogP contribution in [0.5, 0.6) is 5.75 Å². The molecule has 0 saturated heterocycles. The molecule has 5 heteroatoms. The van der Waals surface area contributed by atoms with Crippen molar-refractivity contribution in [2.45, 2.75) is 25.4 Å². The van der Waals surface area contributed by atoms with Crippen LogP contribution in [0.1, 0.15) is 19.3 Å². The summed E-state index contributed by atoms with van der Waals surface area (Å²) in [6, 6.07) is 7.08. The van der Waals surface area contributed by atoms with E-state index in [1.54, 1.807) is 24.3 Å². The molecule has 0 spiro atoms. The third-order valence-electron chi connectivity index (χ3n) is 3.74. The van der Waals surface area contributed by atoms with Crippen LogP contribution in [-0.4, -0.2) is 42.6 Å². The highest BCUT2D eigenvalue weighted by atomic mass is 35.5. The molecular weight excluding hydrogens is 278 g/mol. The fourth-order valence-electron chi connectivity index (χ4n) is 2.22. The van der Waals surface area contributed by atoms with Gasteiger partial charge in [0.05, 0.1) is 0 Å². The van der Waals surface area contributed by atoms with E-state index in [9.17, 15) is 5.11 Å². The van der Waals surface area contributed by atoms with E-state index in [4.69, 9.17) is 21.4 Å². The van der Waals surface area contributed by atoms with E-state index in [0.717, 1.165) is 25.8 Å². The Morgan fingerprint density at radius 3 is 2.60 bits per heavy atom. The van der Waals surface area contributed by atoms with Crippen molar-refractivity contribution in [2.75, 3.05) is 26.3 Å². The summed E-state index contributed by atoms with van der Waals surface area (Å²) >= 11 is 5.78. The van der Waals surface area contributed by atoms with E-state index in [0.29, 0.717) is 17.3 Å². The standard InChI is InChI=1S/C15H22ClNO3/c16-12-1-3-14(4-2-12)20-10-13(19)9-17-11-15(5-6-15)7-8-18/h1-4,13,17-19H,5-11H2. The molecule has 0 heterocycles. The number of hydrogen-bond donors (Lipinski definition) is 3. The van der Waals surface area contributed by atoms with Gasteiger partial charge in [0.1, 0.15) is 18.5 Å². The van der Waals surface area contributed by atoms with Gasteiger partial charge in [-0.3, -0.25) is 0 Å². The van der Waals surface area contributed by atoms with Crippen molar-refractivity contribution in [2.24, 2.45) is 5.41 Å². The second-order valence-electron chi connectivity index (χ2n) is 5.52. The average Bonchev–Trinajstić information content (AvgIpc) is 3.18. The van der Waals surface area contributed by atoms with Gasteiger partial charge in [0.15, 0.2) is 0 Å². The van der Waals surface area contributed by atoms with Crippen molar-refractivity contribution < 1.29 is 14.9 Å². The lowest BCUT2D eigenvalue weighted by Crippen LogP contribution is -2.35. The maximum atomic E-state index is 9.85. The van der Waals surface area contributed by atoms with Gasteiger partial charge in [0.25, 0.3) is 0 Å². The zero-order chi connectivity index (χ0) is 14.4. The Bertz CT molecular complexity index is 406. The highest BCUT2D eigenvalue weighted by Crippen LogP contribution is 2.47. The zero-order valence-electron chi connectivity index (χ0n) is 11.5. The summed E-state index contributed by atoms with van der Waals surface area (Å²) in [5.74, 6) is 0.701. The number of aliphatic hydroxyl groups is 2. The summed E-state index contributed by atoms with van der Waals surface area (Å²) < 4.78 is 5.48. The number of rotatable bonds is 9. The van der Waals surface area contributed by atoms with E-state index in [2.05, 4.69) is 5.32 Å². The van der Waals surface area contributed by atoms with Gasteiger partial charge in [-0.15, -0.1) is 0 Å². The van der Waals surface area contributed by atoms with Crippen molar-refractivity contribution in [1.29, 1.82) is 0 Å². The first-order valence-electron chi connectivity index (χ1n) is 7.02. The molecule has 1 aromatic rings. The maximum Gasteiger partial charge on any atom is 0.119 e. The average molecular weight is 300 g/mol. The van der Waals surface area contributed by atoms with Crippen molar-refractivity contribution >= 4 is 11.6 Å². The molecule has 0 radical (unpaired) electrons. The molecule has 1 aromatic carbocycles. The molecule has 1 aliphatic carbocycles. The van der Waals surface area contributed by atoms with Crippen LogP contribution in [0, 0.1) is 5.41 Å². The highest BCUT2D eigenvalue weighted by Gasteiger charge is 2.41. The Morgan fingerprint density at radius 1 is 1.30 bits per heavy atom. The summed E-state index contributed by atoms with van der Waals surface area (Å²) in [5.41, 5.74) is 0.269. The molecule has 112 valence electrons. The fraction of sp³-hybridized carbons (Fsp3) is 0.600. The zero-order valence-corrected chi connectivity index (χ0v) is 12.3. The van der Waals surface area contributed by atoms with Gasteiger partial charge < -0.3 is 20.3 Å². The minimum Gasteiger partial charge on any atom is -0.491 e. The summed E-state index contributed by atoms with van der Waals surface area (Å²) in [6.07, 6.45) is 2.63. The molecule has 0 aliphatic heterocycles. The third kappa shape index (κ3) is 4.94. The Labute approximate surface area is 124 Å². The molecule has 4 nitrogen and oxygen atoms in total. The predicted octanol–water partition coefficient (Wildman–Crippen LogP) is 1.83. The maximum absolute atomic E-state index is 9.85. The van der Waals surface area contributed by atoms with Crippen LogP contribution in [0.4, 0.5) is 0 Å². The molecular formula is C15H22ClNO3. The first-order valence-corrected chi connectivity index (χ1v) is 7.39. The summed E-state index contributed by atoms with van der Waals surface area (Å²) in [7, 11) is 0. The van der Waals surface area contributed by atoms with Crippen LogP contribution in [0.15, 0.2) is 24.3 Å². The quantitative estimate of drug-likeness (QED) is 0.651. The Morgan fingerprint density at radius 2 is 2.00 bits per heavy atom. The number of nitrogens with one attached hydrogen (secondary N) is 1. The van der Waals surface area contributed by atoms with Crippen LogP contribution >= 0.6 is 11.6 Å². The molecule has 1 atom stereocenters. The van der Waals surface area contributed by atoms with Crippen molar-refractivity contribution in [3.63, 3.8) is 0 Å². The number of aliphatic hydroxyl groups excluding tert-OH is 2. The normalized spacial score (nSPS) is 17.8. The van der Waals surface area contributed by atoms with E-state index in [1.807, 2.05) is 0 Å². The predicted molar refractivity (Wildman–Crippen MR) is 79.2 cm³/mol. The lowest BCUT2D eigenvalue weighted by atomic mass is 10.0. The van der Waals surface area contributed by atoms with Crippen molar-refractivity contribution in [3.05, 3.63) is 29.3 Å². The SMILES string of the molecule is OCCC1(CNCC(O)COc2ccc(Cl)cc2)CC1. The van der Waals surface area contributed by atoms with Gasteiger partial charge in [-0.05, 0) is 48.9 Å². The van der Waals surface area contributed by atoms with Gasteiger partial charge in [0, 0.05) is 24.7 Å². The van der Waals surface area contributed by atoms with Gasteiger partial charge >= 0.3 is 0 Å². The molecule has 1 unspecified atom stereocenters. The first-order chi connectivity index (χ1) is 9.63. The lowest BCUT2D eigenvalue weighted by molar-refractivity contribution is 0.104. The van der Waals surface area contributed by atoms with Crippen LogP contribution in [0.25, 0.3) is 0 Å². The van der Waals surface area contributed by atoms with E-state index < -0.39 is 6.10 Å². The van der Waals surface area contributed by atoms with Gasteiger partial charge in [-0.1, -0.05) is 11.6 Å².